The second-order valence-corrected chi connectivity index (χ2v) is 6.20. The summed E-state index contributed by atoms with van der Waals surface area (Å²) in [5.41, 5.74) is 5.54. The first kappa shape index (κ1) is 14.7. The smallest absolute Gasteiger partial charge is 0.122 e. The second-order valence-electron chi connectivity index (χ2n) is 6.20. The van der Waals surface area contributed by atoms with Crippen molar-refractivity contribution in [3.63, 3.8) is 0 Å². The molecule has 1 unspecified atom stereocenters. The summed E-state index contributed by atoms with van der Waals surface area (Å²) < 4.78 is 0. The molecule has 0 saturated heterocycles. The number of nitrogens with one attached hydrogen (secondary N) is 1. The van der Waals surface area contributed by atoms with Crippen LogP contribution in [0.1, 0.15) is 44.6 Å². The molecule has 0 spiro atoms. The van der Waals surface area contributed by atoms with Gasteiger partial charge in [0, 0.05) is 28.6 Å². The van der Waals surface area contributed by atoms with Crippen molar-refractivity contribution in [1.29, 1.82) is 0 Å². The highest BCUT2D eigenvalue weighted by atomic mass is 16.3. The zero-order valence-corrected chi connectivity index (χ0v) is 13.3. The Bertz CT molecular complexity index is 776. The van der Waals surface area contributed by atoms with Crippen LogP contribution in [0.4, 0.5) is 0 Å². The minimum Gasteiger partial charge on any atom is -0.507 e. The fraction of sp³-hybridized carbons (Fsp3) is 0.300. The van der Waals surface area contributed by atoms with Gasteiger partial charge in [0.05, 0.1) is 0 Å². The lowest BCUT2D eigenvalue weighted by atomic mass is 9.80. The summed E-state index contributed by atoms with van der Waals surface area (Å²) in [5.74, 6) is 0.621. The normalized spacial score (nSPS) is 17.0. The third-order valence-corrected chi connectivity index (χ3v) is 4.49. The number of allylic oxidation sites excluding steroid dienone is 3. The monoisotopic (exact) mass is 293 g/mol. The molecule has 0 radical (unpaired) electrons. The first-order valence-electron chi connectivity index (χ1n) is 7.96. The van der Waals surface area contributed by atoms with E-state index in [1.165, 1.54) is 16.5 Å². The number of hydrogen-bond donors (Lipinski definition) is 2. The van der Waals surface area contributed by atoms with Crippen molar-refractivity contribution in [3.05, 3.63) is 71.2 Å². The van der Waals surface area contributed by atoms with Crippen LogP contribution in [0.3, 0.4) is 0 Å². The number of aliphatic hydroxyl groups is 1. The predicted molar refractivity (Wildman–Crippen MR) is 93.1 cm³/mol. The van der Waals surface area contributed by atoms with E-state index < -0.39 is 0 Å². The standard InChI is InChI=1S/C20H23NO/c1-4-7-15(17-11-13(2)10-14(3)20(17)22)18-12-21-19-9-6-5-8-16(18)19/h5-6,8-10,12,15,21-22H,3-4,7,11H2,1-2H3. The van der Waals surface area contributed by atoms with Crippen LogP contribution < -0.4 is 0 Å². The van der Waals surface area contributed by atoms with Gasteiger partial charge in [0.1, 0.15) is 5.76 Å². The molecule has 0 bridgehead atoms. The fourth-order valence-corrected chi connectivity index (χ4v) is 3.48. The van der Waals surface area contributed by atoms with Gasteiger partial charge in [0.25, 0.3) is 0 Å². The highest BCUT2D eigenvalue weighted by Gasteiger charge is 2.25. The molecule has 114 valence electrons. The summed E-state index contributed by atoms with van der Waals surface area (Å²) in [6, 6.07) is 8.37. The van der Waals surface area contributed by atoms with Crippen molar-refractivity contribution >= 4 is 10.9 Å². The van der Waals surface area contributed by atoms with Crippen molar-refractivity contribution in [2.75, 3.05) is 0 Å². The Morgan fingerprint density at radius 3 is 2.86 bits per heavy atom. The summed E-state index contributed by atoms with van der Waals surface area (Å²) in [7, 11) is 0. The maximum atomic E-state index is 10.5. The van der Waals surface area contributed by atoms with Crippen molar-refractivity contribution in [3.8, 4) is 0 Å². The van der Waals surface area contributed by atoms with Gasteiger partial charge in [-0.1, -0.05) is 49.8 Å². The number of rotatable bonds is 4. The molecule has 22 heavy (non-hydrogen) atoms. The molecule has 2 heteroatoms. The van der Waals surface area contributed by atoms with Crippen molar-refractivity contribution in [2.45, 2.75) is 39.0 Å². The van der Waals surface area contributed by atoms with Crippen LogP contribution in [0.5, 0.6) is 0 Å². The largest absolute Gasteiger partial charge is 0.507 e. The van der Waals surface area contributed by atoms with E-state index in [0.29, 0.717) is 5.76 Å². The molecule has 1 aromatic heterocycles. The van der Waals surface area contributed by atoms with Gasteiger partial charge in [-0.05, 0) is 37.0 Å². The molecular weight excluding hydrogens is 270 g/mol. The highest BCUT2D eigenvalue weighted by molar-refractivity contribution is 5.84. The van der Waals surface area contributed by atoms with Crippen LogP contribution in [-0.2, 0) is 0 Å². The Morgan fingerprint density at radius 1 is 1.32 bits per heavy atom. The Hall–Kier alpha value is -2.22. The molecule has 1 atom stereocenters. The molecule has 2 nitrogen and oxygen atoms in total. The summed E-state index contributed by atoms with van der Waals surface area (Å²) in [6.45, 7) is 8.29. The van der Waals surface area contributed by atoms with E-state index in [1.807, 2.05) is 12.1 Å². The Morgan fingerprint density at radius 2 is 2.09 bits per heavy atom. The molecular formula is C20H23NO. The van der Waals surface area contributed by atoms with E-state index in [4.69, 9.17) is 0 Å². The average molecular weight is 293 g/mol. The van der Waals surface area contributed by atoms with Crippen LogP contribution >= 0.6 is 0 Å². The van der Waals surface area contributed by atoms with Crippen LogP contribution in [-0.4, -0.2) is 10.1 Å². The van der Waals surface area contributed by atoms with Gasteiger partial charge in [-0.15, -0.1) is 0 Å². The number of benzene rings is 1. The van der Waals surface area contributed by atoms with E-state index in [1.54, 1.807) is 0 Å². The number of fused-ring (bicyclic) bond motifs is 1. The van der Waals surface area contributed by atoms with Gasteiger partial charge in [-0.25, -0.2) is 0 Å². The van der Waals surface area contributed by atoms with E-state index in [2.05, 4.69) is 49.8 Å². The third kappa shape index (κ3) is 2.50. The Kier molecular flexibility index (Phi) is 3.93. The summed E-state index contributed by atoms with van der Waals surface area (Å²) >= 11 is 0. The first-order valence-corrected chi connectivity index (χ1v) is 7.96. The number of hydrogen-bond acceptors (Lipinski definition) is 1. The van der Waals surface area contributed by atoms with Crippen LogP contribution in [0.2, 0.25) is 0 Å². The summed E-state index contributed by atoms with van der Waals surface area (Å²) in [6.07, 6.45) is 7.02. The Labute approximate surface area is 131 Å². The maximum Gasteiger partial charge on any atom is 0.122 e. The van der Waals surface area contributed by atoms with Crippen LogP contribution in [0.25, 0.3) is 10.9 Å². The minimum atomic E-state index is 0.238. The molecule has 3 rings (SSSR count). The lowest BCUT2D eigenvalue weighted by Crippen LogP contribution is -2.10. The minimum absolute atomic E-state index is 0.238. The molecule has 1 aromatic carbocycles. The van der Waals surface area contributed by atoms with E-state index >= 15 is 0 Å². The van der Waals surface area contributed by atoms with Gasteiger partial charge in [-0.3, -0.25) is 0 Å². The lowest BCUT2D eigenvalue weighted by Gasteiger charge is -2.25. The molecule has 0 saturated carbocycles. The van der Waals surface area contributed by atoms with Gasteiger partial charge < -0.3 is 10.1 Å². The molecule has 1 aliphatic rings. The zero-order chi connectivity index (χ0) is 15.7. The van der Waals surface area contributed by atoms with Crippen molar-refractivity contribution in [2.24, 2.45) is 0 Å². The topological polar surface area (TPSA) is 36.0 Å². The first-order chi connectivity index (χ1) is 10.6. The van der Waals surface area contributed by atoms with Gasteiger partial charge in [0.15, 0.2) is 0 Å². The molecule has 1 aliphatic carbocycles. The molecule has 0 amide bonds. The van der Waals surface area contributed by atoms with Gasteiger partial charge in [0.2, 0.25) is 0 Å². The maximum absolute atomic E-state index is 10.5. The van der Waals surface area contributed by atoms with Crippen molar-refractivity contribution in [1.82, 2.24) is 4.98 Å². The number of aliphatic hydroxyl groups excluding tert-OH is 1. The number of aromatic nitrogens is 1. The van der Waals surface area contributed by atoms with E-state index in [-0.39, 0.29) is 5.92 Å². The zero-order valence-electron chi connectivity index (χ0n) is 13.3. The van der Waals surface area contributed by atoms with Crippen LogP contribution in [0.15, 0.2) is 65.6 Å². The molecule has 0 aliphatic heterocycles. The van der Waals surface area contributed by atoms with Crippen LogP contribution in [0, 0.1) is 0 Å². The molecule has 1 heterocycles. The number of H-pyrrole nitrogens is 1. The van der Waals surface area contributed by atoms with E-state index in [9.17, 15) is 5.11 Å². The fourth-order valence-electron chi connectivity index (χ4n) is 3.48. The summed E-state index contributed by atoms with van der Waals surface area (Å²) in [5, 5.41) is 11.8. The second kappa shape index (κ2) is 5.88. The lowest BCUT2D eigenvalue weighted by molar-refractivity contribution is 0.407. The van der Waals surface area contributed by atoms with E-state index in [0.717, 1.165) is 35.9 Å². The van der Waals surface area contributed by atoms with Gasteiger partial charge >= 0.3 is 0 Å². The molecule has 0 fully saturated rings. The quantitative estimate of drug-likeness (QED) is 0.737. The predicted octanol–water partition coefficient (Wildman–Crippen LogP) is 5.77. The Balaban J connectivity index is 2.11. The van der Waals surface area contributed by atoms with Crippen molar-refractivity contribution < 1.29 is 5.11 Å². The summed E-state index contributed by atoms with van der Waals surface area (Å²) in [4.78, 5) is 3.36. The molecule has 2 N–H and O–H groups in total. The van der Waals surface area contributed by atoms with Gasteiger partial charge in [-0.2, -0.15) is 0 Å². The SMILES string of the molecule is C=C1C=C(C)CC(C(CCC)c2c[nH]c3ccccc23)=C1O. The third-order valence-electron chi connectivity index (χ3n) is 4.49. The highest BCUT2D eigenvalue weighted by Crippen LogP contribution is 2.41. The molecule has 2 aromatic rings. The number of para-hydroxylation sites is 1. The number of aromatic amines is 1. The average Bonchev–Trinajstić information content (AvgIpc) is 2.92.